The van der Waals surface area contributed by atoms with E-state index in [1.54, 1.807) is 29.2 Å². The Bertz CT molecular complexity index is 952. The molecule has 0 saturated carbocycles. The van der Waals surface area contributed by atoms with Gasteiger partial charge in [-0.3, -0.25) is 13.9 Å². The summed E-state index contributed by atoms with van der Waals surface area (Å²) in [5, 5.41) is 0. The maximum absolute atomic E-state index is 12.8. The highest BCUT2D eigenvalue weighted by molar-refractivity contribution is 7.92. The van der Waals surface area contributed by atoms with E-state index in [9.17, 15) is 18.0 Å². The Balaban J connectivity index is 1.86. The van der Waals surface area contributed by atoms with Crippen molar-refractivity contribution < 1.29 is 18.0 Å². The zero-order valence-electron chi connectivity index (χ0n) is 14.7. The molecule has 7 heteroatoms. The van der Waals surface area contributed by atoms with Crippen molar-refractivity contribution in [2.75, 3.05) is 28.6 Å². The van der Waals surface area contributed by atoms with E-state index in [0.29, 0.717) is 17.8 Å². The van der Waals surface area contributed by atoms with E-state index in [1.807, 2.05) is 24.3 Å². The Morgan fingerprint density at radius 2 is 1.73 bits per heavy atom. The molecule has 2 aromatic carbocycles. The first-order valence-corrected chi connectivity index (χ1v) is 10.1. The molecule has 0 saturated heterocycles. The highest BCUT2D eigenvalue weighted by Gasteiger charge is 2.28. The van der Waals surface area contributed by atoms with Crippen LogP contribution in [0.25, 0.3) is 0 Å². The van der Waals surface area contributed by atoms with Gasteiger partial charge in [0.15, 0.2) is 5.78 Å². The average molecular weight is 372 g/mol. The van der Waals surface area contributed by atoms with Crippen molar-refractivity contribution in [2.45, 2.75) is 13.3 Å². The minimum atomic E-state index is -3.65. The van der Waals surface area contributed by atoms with Crippen molar-refractivity contribution in [3.63, 3.8) is 0 Å². The highest BCUT2D eigenvalue weighted by Crippen LogP contribution is 2.28. The van der Waals surface area contributed by atoms with Gasteiger partial charge in [-0.2, -0.15) is 0 Å². The third kappa shape index (κ3) is 3.62. The van der Waals surface area contributed by atoms with Crippen LogP contribution in [0.1, 0.15) is 22.8 Å². The number of fused-ring (bicyclic) bond motifs is 1. The number of rotatable bonds is 5. The molecule has 3 rings (SSSR count). The number of carbonyl (C=O) groups is 2. The quantitative estimate of drug-likeness (QED) is 0.755. The van der Waals surface area contributed by atoms with E-state index in [-0.39, 0.29) is 18.2 Å². The van der Waals surface area contributed by atoms with Crippen LogP contribution < -0.4 is 9.21 Å². The molecular formula is C19H20N2O4S. The molecule has 136 valence electrons. The van der Waals surface area contributed by atoms with Crippen LogP contribution in [0.5, 0.6) is 0 Å². The molecule has 0 unspecified atom stereocenters. The van der Waals surface area contributed by atoms with Gasteiger partial charge in [0.25, 0.3) is 0 Å². The van der Waals surface area contributed by atoms with Crippen LogP contribution in [0.2, 0.25) is 0 Å². The first-order chi connectivity index (χ1) is 12.3. The zero-order chi connectivity index (χ0) is 18.9. The van der Waals surface area contributed by atoms with Gasteiger partial charge in [-0.15, -0.1) is 0 Å². The number of Topliss-reactive ketones (excluding diaryl/α,β-unsaturated/α-hetero) is 1. The lowest BCUT2D eigenvalue weighted by molar-refractivity contribution is -0.117. The van der Waals surface area contributed by atoms with Crippen molar-refractivity contribution >= 4 is 33.1 Å². The van der Waals surface area contributed by atoms with Crippen LogP contribution >= 0.6 is 0 Å². The summed E-state index contributed by atoms with van der Waals surface area (Å²) in [7, 11) is -3.65. The van der Waals surface area contributed by atoms with Crippen LogP contribution in [0.3, 0.4) is 0 Å². The lowest BCUT2D eigenvalue weighted by Crippen LogP contribution is -2.42. The minimum absolute atomic E-state index is 0.104. The fraction of sp³-hybridized carbons (Fsp3) is 0.263. The fourth-order valence-corrected chi connectivity index (χ4v) is 3.92. The number of hydrogen-bond donors (Lipinski definition) is 0. The molecule has 0 atom stereocenters. The molecule has 2 aromatic rings. The van der Waals surface area contributed by atoms with E-state index in [0.717, 1.165) is 28.2 Å². The Labute approximate surface area is 153 Å². The molecule has 0 aliphatic carbocycles. The number of carbonyl (C=O) groups excluding carboxylic acids is 2. The lowest BCUT2D eigenvalue weighted by Gasteiger charge is -2.25. The number of nitrogens with zero attached hydrogens (tertiary/aromatic N) is 2. The van der Waals surface area contributed by atoms with Gasteiger partial charge in [0.2, 0.25) is 15.9 Å². The Morgan fingerprint density at radius 3 is 2.35 bits per heavy atom. The van der Waals surface area contributed by atoms with Gasteiger partial charge in [0.1, 0.15) is 6.54 Å². The molecule has 1 aliphatic heterocycles. The Kier molecular flexibility index (Phi) is 4.82. The SMILES string of the molecule is CC(=O)c1ccc(N(CC(=O)N2CCc3ccccc32)S(C)(=O)=O)cc1. The summed E-state index contributed by atoms with van der Waals surface area (Å²) in [5.41, 5.74) is 2.76. The summed E-state index contributed by atoms with van der Waals surface area (Å²) in [6, 6.07) is 13.8. The smallest absolute Gasteiger partial charge is 0.247 e. The van der Waals surface area contributed by atoms with Gasteiger partial charge >= 0.3 is 0 Å². The molecule has 0 spiro atoms. The maximum Gasteiger partial charge on any atom is 0.247 e. The summed E-state index contributed by atoms with van der Waals surface area (Å²) >= 11 is 0. The van der Waals surface area contributed by atoms with Gasteiger partial charge in [0.05, 0.1) is 11.9 Å². The van der Waals surface area contributed by atoms with Gasteiger partial charge in [-0.25, -0.2) is 8.42 Å². The number of sulfonamides is 1. The second-order valence-electron chi connectivity index (χ2n) is 6.30. The van der Waals surface area contributed by atoms with E-state index >= 15 is 0 Å². The average Bonchev–Trinajstić information content (AvgIpc) is 3.03. The van der Waals surface area contributed by atoms with Gasteiger partial charge in [-0.1, -0.05) is 18.2 Å². The molecule has 0 aromatic heterocycles. The summed E-state index contributed by atoms with van der Waals surface area (Å²) in [5.74, 6) is -0.386. The van der Waals surface area contributed by atoms with Crippen molar-refractivity contribution in [2.24, 2.45) is 0 Å². The second-order valence-corrected chi connectivity index (χ2v) is 8.20. The molecule has 0 fully saturated rings. The number of benzene rings is 2. The number of ketones is 1. The molecule has 26 heavy (non-hydrogen) atoms. The molecule has 1 heterocycles. The summed E-state index contributed by atoms with van der Waals surface area (Å²) in [4.78, 5) is 25.8. The van der Waals surface area contributed by atoms with Crippen LogP contribution in [-0.4, -0.2) is 39.5 Å². The predicted octanol–water partition coefficient (Wildman–Crippen LogP) is 2.24. The van der Waals surface area contributed by atoms with Crippen molar-refractivity contribution in [3.8, 4) is 0 Å². The standard InChI is InChI=1S/C19H20N2O4S/c1-14(22)15-7-9-17(10-8-15)21(26(2,24)25)13-19(23)20-12-11-16-5-3-4-6-18(16)20/h3-10H,11-13H2,1-2H3. The number of amides is 1. The van der Waals surface area contributed by atoms with E-state index in [1.165, 1.54) is 6.92 Å². The lowest BCUT2D eigenvalue weighted by atomic mass is 10.1. The molecule has 6 nitrogen and oxygen atoms in total. The van der Waals surface area contributed by atoms with E-state index < -0.39 is 10.0 Å². The van der Waals surface area contributed by atoms with E-state index in [2.05, 4.69) is 0 Å². The molecule has 1 aliphatic rings. The second kappa shape index (κ2) is 6.92. The third-order valence-electron chi connectivity index (χ3n) is 4.43. The molecule has 0 radical (unpaired) electrons. The molecule has 0 bridgehead atoms. The van der Waals surface area contributed by atoms with Crippen LogP contribution in [0.15, 0.2) is 48.5 Å². The first kappa shape index (κ1) is 18.1. The zero-order valence-corrected chi connectivity index (χ0v) is 15.5. The van der Waals surface area contributed by atoms with Crippen molar-refractivity contribution in [1.29, 1.82) is 0 Å². The van der Waals surface area contributed by atoms with Crippen molar-refractivity contribution in [3.05, 3.63) is 59.7 Å². The van der Waals surface area contributed by atoms with Crippen LogP contribution in [-0.2, 0) is 21.2 Å². The molecular weight excluding hydrogens is 352 g/mol. The molecule has 0 N–H and O–H groups in total. The highest BCUT2D eigenvalue weighted by atomic mass is 32.2. The monoisotopic (exact) mass is 372 g/mol. The molecule has 1 amide bonds. The van der Waals surface area contributed by atoms with Gasteiger partial charge in [0, 0.05) is 17.8 Å². The van der Waals surface area contributed by atoms with E-state index in [4.69, 9.17) is 0 Å². The minimum Gasteiger partial charge on any atom is -0.310 e. The van der Waals surface area contributed by atoms with Crippen LogP contribution in [0, 0.1) is 0 Å². The number of para-hydroxylation sites is 1. The summed E-state index contributed by atoms with van der Waals surface area (Å²) in [6.07, 6.45) is 1.82. The summed E-state index contributed by atoms with van der Waals surface area (Å²) in [6.45, 7) is 1.70. The number of hydrogen-bond acceptors (Lipinski definition) is 4. The maximum atomic E-state index is 12.8. The Hall–Kier alpha value is -2.67. The third-order valence-corrected chi connectivity index (χ3v) is 5.57. The van der Waals surface area contributed by atoms with Gasteiger partial charge < -0.3 is 4.90 Å². The normalized spacial score (nSPS) is 13.4. The number of anilines is 2. The van der Waals surface area contributed by atoms with Gasteiger partial charge in [-0.05, 0) is 49.2 Å². The van der Waals surface area contributed by atoms with Crippen molar-refractivity contribution in [1.82, 2.24) is 0 Å². The first-order valence-electron chi connectivity index (χ1n) is 8.24. The Morgan fingerprint density at radius 1 is 1.08 bits per heavy atom. The fourth-order valence-electron chi connectivity index (χ4n) is 3.07. The van der Waals surface area contributed by atoms with Crippen LogP contribution in [0.4, 0.5) is 11.4 Å². The topological polar surface area (TPSA) is 74.8 Å². The summed E-state index contributed by atoms with van der Waals surface area (Å²) < 4.78 is 25.5. The largest absolute Gasteiger partial charge is 0.310 e. The predicted molar refractivity (Wildman–Crippen MR) is 101 cm³/mol.